The van der Waals surface area contributed by atoms with Gasteiger partial charge in [0.2, 0.25) is 0 Å². The largest absolute Gasteiger partial charge is 0.479 e. The van der Waals surface area contributed by atoms with Crippen LogP contribution in [0, 0.1) is 5.92 Å². The molecule has 0 bridgehead atoms. The number of aliphatic carboxylic acids is 1. The molecule has 6 nitrogen and oxygen atoms in total. The summed E-state index contributed by atoms with van der Waals surface area (Å²) in [5, 5.41) is 22.2. The number of nitrogens with one attached hydrogen (secondary N) is 2. The van der Waals surface area contributed by atoms with Gasteiger partial charge in [0.1, 0.15) is 0 Å². The lowest BCUT2D eigenvalue weighted by Crippen LogP contribution is -2.45. The van der Waals surface area contributed by atoms with E-state index in [4.69, 9.17) is 10.2 Å². The van der Waals surface area contributed by atoms with Crippen LogP contribution < -0.4 is 10.6 Å². The third-order valence-corrected chi connectivity index (χ3v) is 1.94. The number of carboxylic acids is 1. The zero-order chi connectivity index (χ0) is 12.7. The van der Waals surface area contributed by atoms with Crippen molar-refractivity contribution < 1.29 is 19.8 Å². The summed E-state index contributed by atoms with van der Waals surface area (Å²) in [6.45, 7) is 5.66. The normalized spacial score (nSPS) is 14.3. The molecule has 0 aromatic rings. The molecule has 6 heteroatoms. The van der Waals surface area contributed by atoms with Gasteiger partial charge in [0.25, 0.3) is 0 Å². The number of amides is 2. The van der Waals surface area contributed by atoms with Crippen molar-refractivity contribution >= 4 is 12.0 Å². The second-order valence-electron chi connectivity index (χ2n) is 4.24. The molecule has 0 aliphatic carbocycles. The average molecular weight is 232 g/mol. The van der Waals surface area contributed by atoms with E-state index in [9.17, 15) is 9.59 Å². The minimum atomic E-state index is -1.56. The standard InChI is InChI=1S/C10H20N2O4/c1-6(2)4-7(3)12-10(16)11-5-8(13)9(14)15/h6-8,13H,4-5H2,1-3H3,(H,14,15)(H2,11,12,16). The summed E-state index contributed by atoms with van der Waals surface area (Å²) in [5.74, 6) is -0.879. The summed E-state index contributed by atoms with van der Waals surface area (Å²) in [6.07, 6.45) is -0.722. The van der Waals surface area contributed by atoms with E-state index in [-0.39, 0.29) is 12.6 Å². The Morgan fingerprint density at radius 3 is 2.25 bits per heavy atom. The molecule has 0 aliphatic rings. The molecule has 2 unspecified atom stereocenters. The van der Waals surface area contributed by atoms with Crippen LogP contribution in [0.3, 0.4) is 0 Å². The lowest BCUT2D eigenvalue weighted by Gasteiger charge is -2.16. The van der Waals surface area contributed by atoms with Gasteiger partial charge in [0.05, 0.1) is 6.54 Å². The van der Waals surface area contributed by atoms with E-state index in [1.807, 2.05) is 20.8 Å². The van der Waals surface area contributed by atoms with Gasteiger partial charge in [-0.15, -0.1) is 0 Å². The van der Waals surface area contributed by atoms with Crippen LogP contribution in [-0.2, 0) is 4.79 Å². The molecule has 94 valence electrons. The number of carbonyl (C=O) groups is 2. The summed E-state index contributed by atoms with van der Waals surface area (Å²) in [5.41, 5.74) is 0. The predicted molar refractivity (Wildman–Crippen MR) is 59.1 cm³/mol. The lowest BCUT2D eigenvalue weighted by atomic mass is 10.1. The van der Waals surface area contributed by atoms with Crippen molar-refractivity contribution in [2.75, 3.05) is 6.54 Å². The Morgan fingerprint density at radius 2 is 1.81 bits per heavy atom. The van der Waals surface area contributed by atoms with Crippen LogP contribution in [0.2, 0.25) is 0 Å². The van der Waals surface area contributed by atoms with Gasteiger partial charge in [-0.3, -0.25) is 0 Å². The van der Waals surface area contributed by atoms with Crippen molar-refractivity contribution in [2.45, 2.75) is 39.3 Å². The van der Waals surface area contributed by atoms with Crippen LogP contribution >= 0.6 is 0 Å². The predicted octanol–water partition coefficient (Wildman–Crippen LogP) is 0.166. The lowest BCUT2D eigenvalue weighted by molar-refractivity contribution is -0.146. The summed E-state index contributed by atoms with van der Waals surface area (Å²) in [7, 11) is 0. The maximum Gasteiger partial charge on any atom is 0.334 e. The Morgan fingerprint density at radius 1 is 1.25 bits per heavy atom. The van der Waals surface area contributed by atoms with Crippen molar-refractivity contribution in [3.63, 3.8) is 0 Å². The Hall–Kier alpha value is -1.30. The first kappa shape index (κ1) is 14.7. The van der Waals surface area contributed by atoms with E-state index < -0.39 is 18.1 Å². The van der Waals surface area contributed by atoms with Gasteiger partial charge in [0.15, 0.2) is 6.10 Å². The van der Waals surface area contributed by atoms with E-state index in [1.165, 1.54) is 0 Å². The molecule has 0 saturated heterocycles. The number of urea groups is 1. The van der Waals surface area contributed by atoms with Crippen LogP contribution in [0.5, 0.6) is 0 Å². The van der Waals surface area contributed by atoms with E-state index in [0.29, 0.717) is 5.92 Å². The minimum Gasteiger partial charge on any atom is -0.479 e. The molecule has 0 spiro atoms. The van der Waals surface area contributed by atoms with Crippen LogP contribution in [0.25, 0.3) is 0 Å². The fourth-order valence-electron chi connectivity index (χ4n) is 1.32. The molecule has 2 atom stereocenters. The van der Waals surface area contributed by atoms with E-state index >= 15 is 0 Å². The molecule has 0 fully saturated rings. The van der Waals surface area contributed by atoms with E-state index in [1.54, 1.807) is 0 Å². The molecule has 2 amide bonds. The molecule has 16 heavy (non-hydrogen) atoms. The molecule has 0 radical (unpaired) electrons. The van der Waals surface area contributed by atoms with Gasteiger partial charge < -0.3 is 20.8 Å². The van der Waals surface area contributed by atoms with Gasteiger partial charge in [-0.2, -0.15) is 0 Å². The Bertz CT molecular complexity index is 243. The van der Waals surface area contributed by atoms with Gasteiger partial charge in [-0.25, -0.2) is 9.59 Å². The Balaban J connectivity index is 3.78. The van der Waals surface area contributed by atoms with Crippen LogP contribution in [0.15, 0.2) is 0 Å². The highest BCUT2D eigenvalue weighted by molar-refractivity contribution is 5.76. The van der Waals surface area contributed by atoms with E-state index in [2.05, 4.69) is 10.6 Å². The van der Waals surface area contributed by atoms with Gasteiger partial charge in [0, 0.05) is 6.04 Å². The molecule has 0 saturated carbocycles. The van der Waals surface area contributed by atoms with Crippen molar-refractivity contribution in [1.82, 2.24) is 10.6 Å². The van der Waals surface area contributed by atoms with Gasteiger partial charge in [-0.05, 0) is 19.3 Å². The average Bonchev–Trinajstić information content (AvgIpc) is 2.12. The maximum atomic E-state index is 11.2. The van der Waals surface area contributed by atoms with Crippen LogP contribution in [0.1, 0.15) is 27.2 Å². The highest BCUT2D eigenvalue weighted by Crippen LogP contribution is 2.03. The zero-order valence-corrected chi connectivity index (χ0v) is 9.86. The Kier molecular flexibility index (Phi) is 6.48. The third-order valence-electron chi connectivity index (χ3n) is 1.94. The number of carbonyl (C=O) groups excluding carboxylic acids is 1. The fraction of sp³-hybridized carbons (Fsp3) is 0.800. The summed E-state index contributed by atoms with van der Waals surface area (Å²) in [4.78, 5) is 21.5. The summed E-state index contributed by atoms with van der Waals surface area (Å²) < 4.78 is 0. The first-order chi connectivity index (χ1) is 7.32. The zero-order valence-electron chi connectivity index (χ0n) is 9.86. The van der Waals surface area contributed by atoms with Gasteiger partial charge >= 0.3 is 12.0 Å². The first-order valence-electron chi connectivity index (χ1n) is 5.28. The van der Waals surface area contributed by atoms with Gasteiger partial charge in [-0.1, -0.05) is 13.8 Å². The molecule has 0 aliphatic heterocycles. The monoisotopic (exact) mass is 232 g/mol. The van der Waals surface area contributed by atoms with Crippen molar-refractivity contribution in [1.29, 1.82) is 0 Å². The molecule has 4 N–H and O–H groups in total. The smallest absolute Gasteiger partial charge is 0.334 e. The molecule has 0 heterocycles. The Labute approximate surface area is 95.0 Å². The van der Waals surface area contributed by atoms with Crippen LogP contribution in [0.4, 0.5) is 4.79 Å². The number of aliphatic hydroxyl groups is 1. The van der Waals surface area contributed by atoms with Crippen molar-refractivity contribution in [2.24, 2.45) is 5.92 Å². The molecule has 0 rings (SSSR count). The van der Waals surface area contributed by atoms with E-state index in [0.717, 1.165) is 6.42 Å². The third kappa shape index (κ3) is 7.05. The second kappa shape index (κ2) is 7.05. The highest BCUT2D eigenvalue weighted by Gasteiger charge is 2.15. The fourth-order valence-corrected chi connectivity index (χ4v) is 1.32. The highest BCUT2D eigenvalue weighted by atomic mass is 16.4. The van der Waals surface area contributed by atoms with Crippen molar-refractivity contribution in [3.8, 4) is 0 Å². The quantitative estimate of drug-likeness (QED) is 0.524. The number of carboxylic acid groups (broad SMARTS) is 1. The molecular weight excluding hydrogens is 212 g/mol. The molecule has 0 aromatic heterocycles. The van der Waals surface area contributed by atoms with Crippen LogP contribution in [-0.4, -0.2) is 40.9 Å². The SMILES string of the molecule is CC(C)CC(C)NC(=O)NCC(O)C(=O)O. The minimum absolute atomic E-state index is 0.0157. The first-order valence-corrected chi connectivity index (χ1v) is 5.28. The number of hydrogen-bond donors (Lipinski definition) is 4. The molecular formula is C10H20N2O4. The number of hydrogen-bond acceptors (Lipinski definition) is 3. The second-order valence-corrected chi connectivity index (χ2v) is 4.24. The summed E-state index contributed by atoms with van der Waals surface area (Å²) >= 11 is 0. The number of rotatable bonds is 6. The number of aliphatic hydroxyl groups excluding tert-OH is 1. The summed E-state index contributed by atoms with van der Waals surface area (Å²) in [6, 6.07) is -0.449. The maximum absolute atomic E-state index is 11.2. The topological polar surface area (TPSA) is 98.7 Å². The van der Waals surface area contributed by atoms with Crippen molar-refractivity contribution in [3.05, 3.63) is 0 Å². The molecule has 0 aromatic carbocycles.